The molecule has 5 heteroatoms. The zero-order valence-corrected chi connectivity index (χ0v) is 10.1. The van der Waals surface area contributed by atoms with Crippen molar-refractivity contribution in [2.45, 2.75) is 26.4 Å². The minimum absolute atomic E-state index is 0.201. The Balaban J connectivity index is 2.59. The van der Waals surface area contributed by atoms with Crippen molar-refractivity contribution in [3.05, 3.63) is 28.5 Å². The summed E-state index contributed by atoms with van der Waals surface area (Å²) in [6, 6.07) is 3.19. The SMILES string of the molecule is Cc1cc(C(=O)NCCC(C)O)cc(Cl)n1. The van der Waals surface area contributed by atoms with E-state index in [4.69, 9.17) is 16.7 Å². The highest BCUT2D eigenvalue weighted by Gasteiger charge is 2.07. The lowest BCUT2D eigenvalue weighted by Crippen LogP contribution is -2.26. The topological polar surface area (TPSA) is 62.2 Å². The first kappa shape index (κ1) is 12.9. The van der Waals surface area contributed by atoms with E-state index in [0.29, 0.717) is 29.4 Å². The minimum Gasteiger partial charge on any atom is -0.393 e. The van der Waals surface area contributed by atoms with Gasteiger partial charge in [0.05, 0.1) is 6.10 Å². The third-order valence-corrected chi connectivity index (χ3v) is 2.23. The van der Waals surface area contributed by atoms with Gasteiger partial charge in [-0.2, -0.15) is 0 Å². The summed E-state index contributed by atoms with van der Waals surface area (Å²) >= 11 is 5.75. The lowest BCUT2D eigenvalue weighted by molar-refractivity contribution is 0.0945. The maximum Gasteiger partial charge on any atom is 0.251 e. The molecule has 0 spiro atoms. The van der Waals surface area contributed by atoms with Crippen LogP contribution in [0.2, 0.25) is 5.15 Å². The maximum atomic E-state index is 11.7. The largest absolute Gasteiger partial charge is 0.393 e. The summed E-state index contributed by atoms with van der Waals surface area (Å²) in [5.74, 6) is -0.201. The normalized spacial score (nSPS) is 12.2. The summed E-state index contributed by atoms with van der Waals surface area (Å²) in [7, 11) is 0. The molecule has 1 aromatic rings. The smallest absolute Gasteiger partial charge is 0.251 e. The third-order valence-electron chi connectivity index (χ3n) is 2.03. The first-order chi connectivity index (χ1) is 7.49. The predicted octanol–water partition coefficient (Wildman–Crippen LogP) is 1.54. The van der Waals surface area contributed by atoms with Gasteiger partial charge in [0.15, 0.2) is 0 Å². The van der Waals surface area contributed by atoms with Crippen LogP contribution in [0.15, 0.2) is 12.1 Å². The number of nitrogens with one attached hydrogen (secondary N) is 1. The number of aryl methyl sites for hydroxylation is 1. The highest BCUT2D eigenvalue weighted by Crippen LogP contribution is 2.10. The van der Waals surface area contributed by atoms with Crippen LogP contribution in [-0.4, -0.2) is 28.6 Å². The first-order valence-electron chi connectivity index (χ1n) is 5.09. The lowest BCUT2D eigenvalue weighted by atomic mass is 10.2. The van der Waals surface area contributed by atoms with Crippen LogP contribution in [0.1, 0.15) is 29.4 Å². The number of aliphatic hydroxyl groups excluding tert-OH is 1. The van der Waals surface area contributed by atoms with E-state index in [-0.39, 0.29) is 5.91 Å². The molecular formula is C11H15ClN2O2. The number of amides is 1. The molecule has 0 fully saturated rings. The van der Waals surface area contributed by atoms with Gasteiger partial charge in [-0.15, -0.1) is 0 Å². The molecule has 88 valence electrons. The number of rotatable bonds is 4. The highest BCUT2D eigenvalue weighted by atomic mass is 35.5. The van der Waals surface area contributed by atoms with Crippen molar-refractivity contribution in [3.63, 3.8) is 0 Å². The van der Waals surface area contributed by atoms with Crippen LogP contribution in [0.25, 0.3) is 0 Å². The monoisotopic (exact) mass is 242 g/mol. The average Bonchev–Trinajstić information content (AvgIpc) is 2.15. The van der Waals surface area contributed by atoms with Gasteiger partial charge in [-0.25, -0.2) is 4.98 Å². The molecule has 1 atom stereocenters. The Morgan fingerprint density at radius 3 is 2.88 bits per heavy atom. The molecule has 4 nitrogen and oxygen atoms in total. The zero-order valence-electron chi connectivity index (χ0n) is 9.33. The fourth-order valence-corrected chi connectivity index (χ4v) is 1.51. The van der Waals surface area contributed by atoms with Crippen LogP contribution in [0.4, 0.5) is 0 Å². The summed E-state index contributed by atoms with van der Waals surface area (Å²) in [4.78, 5) is 15.6. The second-order valence-corrected chi connectivity index (χ2v) is 4.10. The van der Waals surface area contributed by atoms with Gasteiger partial charge in [0, 0.05) is 17.8 Å². The zero-order chi connectivity index (χ0) is 12.1. The van der Waals surface area contributed by atoms with Crippen molar-refractivity contribution in [1.29, 1.82) is 0 Å². The van der Waals surface area contributed by atoms with Crippen molar-refractivity contribution in [2.75, 3.05) is 6.54 Å². The lowest BCUT2D eigenvalue weighted by Gasteiger charge is -2.07. The van der Waals surface area contributed by atoms with Gasteiger partial charge in [0.2, 0.25) is 0 Å². The van der Waals surface area contributed by atoms with E-state index in [0.717, 1.165) is 0 Å². The van der Waals surface area contributed by atoms with Crippen LogP contribution in [0.5, 0.6) is 0 Å². The number of nitrogens with zero attached hydrogens (tertiary/aromatic N) is 1. The molecule has 2 N–H and O–H groups in total. The number of hydrogen-bond acceptors (Lipinski definition) is 3. The second-order valence-electron chi connectivity index (χ2n) is 3.71. The van der Waals surface area contributed by atoms with Crippen molar-refractivity contribution in [2.24, 2.45) is 0 Å². The van der Waals surface area contributed by atoms with Gasteiger partial charge in [-0.05, 0) is 32.4 Å². The summed E-state index contributed by atoms with van der Waals surface area (Å²) in [5, 5.41) is 12.0. The highest BCUT2D eigenvalue weighted by molar-refractivity contribution is 6.29. The fourth-order valence-electron chi connectivity index (χ4n) is 1.26. The fraction of sp³-hybridized carbons (Fsp3) is 0.455. The Morgan fingerprint density at radius 1 is 1.62 bits per heavy atom. The molecule has 0 saturated heterocycles. The molecule has 0 aliphatic rings. The number of halogens is 1. The van der Waals surface area contributed by atoms with Crippen LogP contribution in [-0.2, 0) is 0 Å². The van der Waals surface area contributed by atoms with Gasteiger partial charge in [-0.3, -0.25) is 4.79 Å². The van der Waals surface area contributed by atoms with Gasteiger partial charge in [-0.1, -0.05) is 11.6 Å². The van der Waals surface area contributed by atoms with Gasteiger partial charge >= 0.3 is 0 Å². The molecule has 0 aromatic carbocycles. The molecular weight excluding hydrogens is 228 g/mol. The van der Waals surface area contributed by atoms with E-state index in [2.05, 4.69) is 10.3 Å². The molecule has 0 aliphatic heterocycles. The molecule has 0 saturated carbocycles. The van der Waals surface area contributed by atoms with Crippen LogP contribution >= 0.6 is 11.6 Å². The standard InChI is InChI=1S/C11H15ClN2O2/c1-7-5-9(6-10(12)14-7)11(16)13-4-3-8(2)15/h5-6,8,15H,3-4H2,1-2H3,(H,13,16). The van der Waals surface area contributed by atoms with Crippen molar-refractivity contribution in [3.8, 4) is 0 Å². The van der Waals surface area contributed by atoms with Crippen LogP contribution in [0, 0.1) is 6.92 Å². The first-order valence-corrected chi connectivity index (χ1v) is 5.47. The number of hydrogen-bond donors (Lipinski definition) is 2. The number of aliphatic hydroxyl groups is 1. The predicted molar refractivity (Wildman–Crippen MR) is 62.6 cm³/mol. The Morgan fingerprint density at radius 2 is 2.31 bits per heavy atom. The molecule has 16 heavy (non-hydrogen) atoms. The summed E-state index contributed by atoms with van der Waals surface area (Å²) in [6.45, 7) is 3.90. The Labute approximate surface area is 99.6 Å². The van der Waals surface area contributed by atoms with E-state index in [9.17, 15) is 4.79 Å². The van der Waals surface area contributed by atoms with E-state index in [1.165, 1.54) is 6.07 Å². The molecule has 0 bridgehead atoms. The maximum absolute atomic E-state index is 11.7. The Hall–Kier alpha value is -1.13. The molecule has 1 unspecified atom stereocenters. The Bertz CT molecular complexity index is 360. The number of pyridine rings is 1. The van der Waals surface area contributed by atoms with Crippen molar-refractivity contribution >= 4 is 17.5 Å². The molecule has 1 rings (SSSR count). The molecule has 0 radical (unpaired) electrons. The van der Waals surface area contributed by atoms with Gasteiger partial charge in [0.25, 0.3) is 5.91 Å². The molecule has 1 amide bonds. The van der Waals surface area contributed by atoms with Crippen molar-refractivity contribution < 1.29 is 9.90 Å². The van der Waals surface area contributed by atoms with E-state index in [1.54, 1.807) is 19.9 Å². The van der Waals surface area contributed by atoms with Crippen LogP contribution in [0.3, 0.4) is 0 Å². The third kappa shape index (κ3) is 4.16. The molecule has 1 heterocycles. The number of carbonyl (C=O) groups excluding carboxylic acids is 1. The molecule has 0 aliphatic carbocycles. The van der Waals surface area contributed by atoms with Crippen LogP contribution < -0.4 is 5.32 Å². The van der Waals surface area contributed by atoms with E-state index < -0.39 is 6.10 Å². The van der Waals surface area contributed by atoms with Crippen molar-refractivity contribution in [1.82, 2.24) is 10.3 Å². The van der Waals surface area contributed by atoms with E-state index >= 15 is 0 Å². The average molecular weight is 243 g/mol. The summed E-state index contributed by atoms with van der Waals surface area (Å²) < 4.78 is 0. The van der Waals surface area contributed by atoms with Gasteiger partial charge in [0.1, 0.15) is 5.15 Å². The summed E-state index contributed by atoms with van der Waals surface area (Å²) in [5.41, 5.74) is 1.19. The number of carbonyl (C=O) groups is 1. The second kappa shape index (κ2) is 5.82. The van der Waals surface area contributed by atoms with E-state index in [1.807, 2.05) is 0 Å². The quantitative estimate of drug-likeness (QED) is 0.788. The molecule has 1 aromatic heterocycles. The summed E-state index contributed by atoms with van der Waals surface area (Å²) in [6.07, 6.45) is 0.117. The minimum atomic E-state index is -0.414. The Kier molecular flexibility index (Phi) is 4.71. The van der Waals surface area contributed by atoms with Gasteiger partial charge < -0.3 is 10.4 Å². The number of aromatic nitrogens is 1.